The van der Waals surface area contributed by atoms with E-state index in [-0.39, 0.29) is 0 Å². The number of aryl methyl sites for hydroxylation is 1. The topological polar surface area (TPSA) is 75.7 Å². The summed E-state index contributed by atoms with van der Waals surface area (Å²) < 4.78 is 31.1. The predicted molar refractivity (Wildman–Crippen MR) is 109 cm³/mol. The number of carbonyl (C=O) groups is 1. The lowest BCUT2D eigenvalue weighted by molar-refractivity contribution is -0.116. The Labute approximate surface area is 165 Å². The number of hydrogen-bond donors (Lipinski definition) is 1. The van der Waals surface area contributed by atoms with Gasteiger partial charge < -0.3 is 10.1 Å². The SMILES string of the molecule is CCOc1ccc(NC(=O)[C@H](C)N(c2ccc(C)c(Cl)c2)S(C)(=O)=O)cc1. The first kappa shape index (κ1) is 21.1. The molecule has 8 heteroatoms. The number of amides is 1. The van der Waals surface area contributed by atoms with Crippen molar-refractivity contribution in [3.8, 4) is 5.75 Å². The van der Waals surface area contributed by atoms with Crippen LogP contribution in [0.3, 0.4) is 0 Å². The van der Waals surface area contributed by atoms with Gasteiger partial charge in [-0.1, -0.05) is 17.7 Å². The van der Waals surface area contributed by atoms with Gasteiger partial charge in [0.05, 0.1) is 18.6 Å². The molecule has 146 valence electrons. The normalized spacial score (nSPS) is 12.3. The molecular weight excluding hydrogens is 388 g/mol. The lowest BCUT2D eigenvalue weighted by Crippen LogP contribution is -2.45. The fraction of sp³-hybridized carbons (Fsp3) is 0.316. The third-order valence-electron chi connectivity index (χ3n) is 3.93. The fourth-order valence-electron chi connectivity index (χ4n) is 2.58. The Kier molecular flexibility index (Phi) is 6.73. The van der Waals surface area contributed by atoms with Gasteiger partial charge in [-0.2, -0.15) is 0 Å². The van der Waals surface area contributed by atoms with Gasteiger partial charge in [-0.05, 0) is 62.7 Å². The third kappa shape index (κ3) is 5.37. The maximum Gasteiger partial charge on any atom is 0.247 e. The number of nitrogens with zero attached hydrogens (tertiary/aromatic N) is 1. The molecule has 0 aliphatic heterocycles. The molecule has 2 rings (SSSR count). The molecule has 0 aromatic heterocycles. The van der Waals surface area contributed by atoms with Crippen molar-refractivity contribution in [2.45, 2.75) is 26.8 Å². The minimum atomic E-state index is -3.70. The highest BCUT2D eigenvalue weighted by molar-refractivity contribution is 7.92. The average molecular weight is 411 g/mol. The molecule has 6 nitrogen and oxygen atoms in total. The maximum absolute atomic E-state index is 12.7. The number of ether oxygens (including phenoxy) is 1. The minimum absolute atomic E-state index is 0.336. The molecular formula is C19H23ClN2O4S. The zero-order valence-corrected chi connectivity index (χ0v) is 17.3. The molecule has 0 saturated carbocycles. The van der Waals surface area contributed by atoms with Crippen LogP contribution in [0.25, 0.3) is 0 Å². The van der Waals surface area contributed by atoms with Gasteiger partial charge in [0.2, 0.25) is 15.9 Å². The number of hydrogen-bond acceptors (Lipinski definition) is 4. The second-order valence-corrected chi connectivity index (χ2v) is 8.38. The van der Waals surface area contributed by atoms with Gasteiger partial charge in [-0.15, -0.1) is 0 Å². The lowest BCUT2D eigenvalue weighted by atomic mass is 10.2. The Balaban J connectivity index is 2.25. The number of anilines is 2. The summed E-state index contributed by atoms with van der Waals surface area (Å²) in [6.07, 6.45) is 1.06. The Morgan fingerprint density at radius 3 is 2.37 bits per heavy atom. The molecule has 27 heavy (non-hydrogen) atoms. The molecule has 0 heterocycles. The number of carbonyl (C=O) groups excluding carboxylic acids is 1. The molecule has 1 atom stereocenters. The summed E-state index contributed by atoms with van der Waals surface area (Å²) in [6, 6.07) is 10.8. The van der Waals surface area contributed by atoms with Gasteiger partial charge in [-0.3, -0.25) is 9.10 Å². The highest BCUT2D eigenvalue weighted by Crippen LogP contribution is 2.27. The van der Waals surface area contributed by atoms with Crippen LogP contribution in [0, 0.1) is 6.92 Å². The molecule has 0 saturated heterocycles. The second-order valence-electron chi connectivity index (χ2n) is 6.11. The smallest absolute Gasteiger partial charge is 0.247 e. The van der Waals surface area contributed by atoms with E-state index >= 15 is 0 Å². The largest absolute Gasteiger partial charge is 0.494 e. The van der Waals surface area contributed by atoms with E-state index in [1.165, 1.54) is 6.92 Å². The Morgan fingerprint density at radius 2 is 1.85 bits per heavy atom. The summed E-state index contributed by atoms with van der Waals surface area (Å²) >= 11 is 6.13. The van der Waals surface area contributed by atoms with E-state index < -0.39 is 22.0 Å². The van der Waals surface area contributed by atoms with Gasteiger partial charge in [0.15, 0.2) is 0 Å². The highest BCUT2D eigenvalue weighted by Gasteiger charge is 2.29. The van der Waals surface area contributed by atoms with E-state index in [9.17, 15) is 13.2 Å². The van der Waals surface area contributed by atoms with Crippen LogP contribution in [-0.2, 0) is 14.8 Å². The third-order valence-corrected chi connectivity index (χ3v) is 5.58. The zero-order valence-electron chi connectivity index (χ0n) is 15.7. The van der Waals surface area contributed by atoms with Crippen LogP contribution in [0.1, 0.15) is 19.4 Å². The van der Waals surface area contributed by atoms with Crippen LogP contribution in [0.2, 0.25) is 5.02 Å². The van der Waals surface area contributed by atoms with Crippen LogP contribution in [0.5, 0.6) is 5.75 Å². The van der Waals surface area contributed by atoms with Crippen molar-refractivity contribution in [2.24, 2.45) is 0 Å². The van der Waals surface area contributed by atoms with Crippen molar-refractivity contribution in [1.29, 1.82) is 0 Å². The molecule has 0 unspecified atom stereocenters. The summed E-state index contributed by atoms with van der Waals surface area (Å²) in [4.78, 5) is 12.7. The van der Waals surface area contributed by atoms with Crippen molar-refractivity contribution in [2.75, 3.05) is 22.5 Å². The number of rotatable bonds is 7. The van der Waals surface area contributed by atoms with E-state index in [1.807, 2.05) is 13.8 Å². The molecule has 0 radical (unpaired) electrons. The van der Waals surface area contributed by atoms with E-state index in [4.69, 9.17) is 16.3 Å². The molecule has 0 aliphatic rings. The van der Waals surface area contributed by atoms with E-state index in [2.05, 4.69) is 5.32 Å². The van der Waals surface area contributed by atoms with Gasteiger partial charge >= 0.3 is 0 Å². The van der Waals surface area contributed by atoms with Crippen LogP contribution >= 0.6 is 11.6 Å². The summed E-state index contributed by atoms with van der Waals surface area (Å²) in [5.41, 5.74) is 1.70. The van der Waals surface area contributed by atoms with Crippen molar-refractivity contribution in [3.63, 3.8) is 0 Å². The first-order chi connectivity index (χ1) is 12.6. The fourth-order valence-corrected chi connectivity index (χ4v) is 3.92. The minimum Gasteiger partial charge on any atom is -0.494 e. The van der Waals surface area contributed by atoms with Crippen LogP contribution in [-0.4, -0.2) is 33.2 Å². The summed E-state index contributed by atoms with van der Waals surface area (Å²) in [5, 5.41) is 3.16. The standard InChI is InChI=1S/C19H23ClN2O4S/c1-5-26-17-10-7-15(8-11-17)21-19(23)14(3)22(27(4,24)25)16-9-6-13(2)18(20)12-16/h6-12,14H,5H2,1-4H3,(H,21,23)/t14-/m0/s1. The first-order valence-corrected chi connectivity index (χ1v) is 10.7. The van der Waals surface area contributed by atoms with E-state index in [1.54, 1.807) is 42.5 Å². The monoisotopic (exact) mass is 410 g/mol. The van der Waals surface area contributed by atoms with Crippen molar-refractivity contribution in [3.05, 3.63) is 53.1 Å². The van der Waals surface area contributed by atoms with E-state index in [0.717, 1.165) is 16.1 Å². The van der Waals surface area contributed by atoms with Crippen molar-refractivity contribution < 1.29 is 17.9 Å². The van der Waals surface area contributed by atoms with Crippen LogP contribution < -0.4 is 14.4 Å². The van der Waals surface area contributed by atoms with Crippen LogP contribution in [0.4, 0.5) is 11.4 Å². The molecule has 1 amide bonds. The molecule has 0 aliphatic carbocycles. The van der Waals surface area contributed by atoms with Crippen LogP contribution in [0.15, 0.2) is 42.5 Å². The molecule has 0 spiro atoms. The number of sulfonamides is 1. The number of benzene rings is 2. The second kappa shape index (κ2) is 8.63. The Hall–Kier alpha value is -2.25. The van der Waals surface area contributed by atoms with Gasteiger partial charge in [0.1, 0.15) is 11.8 Å². The summed E-state index contributed by atoms with van der Waals surface area (Å²) in [6.45, 7) is 5.78. The Bertz CT molecular complexity index is 914. The molecule has 1 N–H and O–H groups in total. The number of nitrogens with one attached hydrogen (secondary N) is 1. The Morgan fingerprint density at radius 1 is 1.22 bits per heavy atom. The predicted octanol–water partition coefficient (Wildman–Crippen LogP) is 3.84. The van der Waals surface area contributed by atoms with Crippen molar-refractivity contribution in [1.82, 2.24) is 0 Å². The zero-order chi connectivity index (χ0) is 20.2. The molecule has 2 aromatic rings. The summed E-state index contributed by atoms with van der Waals surface area (Å²) in [7, 11) is -3.70. The van der Waals surface area contributed by atoms with Crippen molar-refractivity contribution >= 4 is 38.9 Å². The van der Waals surface area contributed by atoms with Gasteiger partial charge in [0.25, 0.3) is 0 Å². The first-order valence-electron chi connectivity index (χ1n) is 8.42. The highest BCUT2D eigenvalue weighted by atomic mass is 35.5. The maximum atomic E-state index is 12.7. The lowest BCUT2D eigenvalue weighted by Gasteiger charge is -2.28. The van der Waals surface area contributed by atoms with Gasteiger partial charge in [0, 0.05) is 10.7 Å². The molecule has 0 fully saturated rings. The molecule has 2 aromatic carbocycles. The number of halogens is 1. The average Bonchev–Trinajstić information content (AvgIpc) is 2.59. The quantitative estimate of drug-likeness (QED) is 0.752. The van der Waals surface area contributed by atoms with E-state index in [0.29, 0.717) is 28.8 Å². The molecule has 0 bridgehead atoms. The van der Waals surface area contributed by atoms with Gasteiger partial charge in [-0.25, -0.2) is 8.42 Å². The summed E-state index contributed by atoms with van der Waals surface area (Å²) in [5.74, 6) is 0.233.